The van der Waals surface area contributed by atoms with Crippen LogP contribution in [0.4, 0.5) is 0 Å². The molecule has 3 heterocycles. The summed E-state index contributed by atoms with van der Waals surface area (Å²) in [7, 11) is 0. The maximum Gasteiger partial charge on any atom is 0.261 e. The molecule has 0 radical (unpaired) electrons. The molecule has 33 heavy (non-hydrogen) atoms. The van der Waals surface area contributed by atoms with Crippen molar-refractivity contribution in [1.29, 1.82) is 0 Å². The van der Waals surface area contributed by atoms with E-state index < -0.39 is 0 Å². The molecule has 2 N–H and O–H groups in total. The lowest BCUT2D eigenvalue weighted by Gasteiger charge is -2.61. The topological polar surface area (TPSA) is 77.7 Å². The first-order valence-electron chi connectivity index (χ1n) is 13.2. The zero-order chi connectivity index (χ0) is 22.4. The summed E-state index contributed by atoms with van der Waals surface area (Å²) in [5.41, 5.74) is 1.26. The number of aromatic amines is 1. The van der Waals surface area contributed by atoms with Crippen LogP contribution in [0.2, 0.25) is 0 Å². The molecule has 4 bridgehead atoms. The zero-order valence-corrected chi connectivity index (χ0v) is 19.7. The van der Waals surface area contributed by atoms with Gasteiger partial charge in [-0.1, -0.05) is 0 Å². The molecule has 180 valence electrons. The van der Waals surface area contributed by atoms with Crippen LogP contribution in [-0.4, -0.2) is 71.7 Å². The second-order valence-electron chi connectivity index (χ2n) is 11.5. The van der Waals surface area contributed by atoms with Crippen molar-refractivity contribution in [3.63, 3.8) is 0 Å². The Balaban J connectivity index is 1.02. The SMILES string of the molecule is O=C(NCC1CCCO1)c1ccc(CN2CCN(C34CC5CC(CC(C5)C3)C4)CC2)[nH]c1=O. The number of carbonyl (C=O) groups excluding carboxylic acids is 1. The molecule has 7 rings (SSSR count). The van der Waals surface area contributed by atoms with Crippen molar-refractivity contribution in [2.75, 3.05) is 39.3 Å². The van der Waals surface area contributed by atoms with Gasteiger partial charge < -0.3 is 15.0 Å². The maximum absolute atomic E-state index is 12.6. The molecule has 0 spiro atoms. The Bertz CT molecular complexity index is 894. The molecule has 2 aliphatic heterocycles. The van der Waals surface area contributed by atoms with E-state index in [1.54, 1.807) is 6.07 Å². The van der Waals surface area contributed by atoms with Crippen LogP contribution in [0.3, 0.4) is 0 Å². The van der Waals surface area contributed by atoms with Crippen LogP contribution >= 0.6 is 0 Å². The first-order valence-corrected chi connectivity index (χ1v) is 13.2. The van der Waals surface area contributed by atoms with Crippen LogP contribution in [0.1, 0.15) is 67.4 Å². The molecular weight excluding hydrogens is 416 g/mol. The third-order valence-corrected chi connectivity index (χ3v) is 9.17. The van der Waals surface area contributed by atoms with E-state index >= 15 is 0 Å². The predicted molar refractivity (Wildman–Crippen MR) is 126 cm³/mol. The Morgan fingerprint density at radius 3 is 2.36 bits per heavy atom. The summed E-state index contributed by atoms with van der Waals surface area (Å²) in [6.45, 7) is 6.34. The van der Waals surface area contributed by atoms with E-state index in [1.807, 2.05) is 6.07 Å². The van der Waals surface area contributed by atoms with E-state index in [2.05, 4.69) is 20.1 Å². The van der Waals surface area contributed by atoms with Crippen LogP contribution in [0.25, 0.3) is 0 Å². The lowest BCUT2D eigenvalue weighted by Crippen LogP contribution is -2.63. The van der Waals surface area contributed by atoms with Gasteiger partial charge in [-0.2, -0.15) is 0 Å². The number of hydrogen-bond donors (Lipinski definition) is 2. The molecule has 4 saturated carbocycles. The van der Waals surface area contributed by atoms with Crippen LogP contribution in [0, 0.1) is 17.8 Å². The number of rotatable bonds is 6. The highest BCUT2D eigenvalue weighted by Crippen LogP contribution is 2.57. The van der Waals surface area contributed by atoms with Gasteiger partial charge in [0.25, 0.3) is 11.5 Å². The summed E-state index contributed by atoms with van der Waals surface area (Å²) in [5.74, 6) is 2.64. The monoisotopic (exact) mass is 454 g/mol. The third kappa shape index (κ3) is 4.40. The Morgan fingerprint density at radius 2 is 1.76 bits per heavy atom. The van der Waals surface area contributed by atoms with Gasteiger partial charge in [-0.25, -0.2) is 0 Å². The lowest BCUT2D eigenvalue weighted by molar-refractivity contribution is -0.102. The Hall–Kier alpha value is -1.70. The van der Waals surface area contributed by atoms with Gasteiger partial charge in [0.15, 0.2) is 0 Å². The second kappa shape index (κ2) is 8.82. The molecule has 6 fully saturated rings. The van der Waals surface area contributed by atoms with Crippen molar-refractivity contribution in [2.24, 2.45) is 17.8 Å². The third-order valence-electron chi connectivity index (χ3n) is 9.17. The fourth-order valence-corrected chi connectivity index (χ4v) is 7.97. The highest BCUT2D eigenvalue weighted by molar-refractivity contribution is 5.93. The number of hydrogen-bond acceptors (Lipinski definition) is 5. The number of piperazine rings is 1. The fourth-order valence-electron chi connectivity index (χ4n) is 7.97. The van der Waals surface area contributed by atoms with E-state index in [0.29, 0.717) is 12.1 Å². The average molecular weight is 455 g/mol. The molecule has 7 nitrogen and oxygen atoms in total. The van der Waals surface area contributed by atoms with Gasteiger partial charge >= 0.3 is 0 Å². The largest absolute Gasteiger partial charge is 0.376 e. The van der Waals surface area contributed by atoms with Crippen molar-refractivity contribution in [3.05, 3.63) is 33.7 Å². The number of ether oxygens (including phenoxy) is 1. The summed E-state index contributed by atoms with van der Waals surface area (Å²) in [6, 6.07) is 3.57. The first-order chi connectivity index (χ1) is 16.1. The van der Waals surface area contributed by atoms with Crippen molar-refractivity contribution in [2.45, 2.75) is 69.6 Å². The van der Waals surface area contributed by atoms with Crippen molar-refractivity contribution in [3.8, 4) is 0 Å². The smallest absolute Gasteiger partial charge is 0.261 e. The Kier molecular flexibility index (Phi) is 5.83. The van der Waals surface area contributed by atoms with E-state index in [4.69, 9.17) is 4.74 Å². The van der Waals surface area contributed by atoms with Crippen molar-refractivity contribution >= 4 is 5.91 Å². The van der Waals surface area contributed by atoms with Gasteiger partial charge in [0.05, 0.1) is 6.10 Å². The zero-order valence-electron chi connectivity index (χ0n) is 19.7. The highest BCUT2D eigenvalue weighted by Gasteiger charge is 2.53. The molecule has 1 atom stereocenters. The summed E-state index contributed by atoms with van der Waals surface area (Å²) < 4.78 is 5.54. The van der Waals surface area contributed by atoms with Gasteiger partial charge in [0, 0.05) is 57.1 Å². The average Bonchev–Trinajstić information content (AvgIpc) is 3.31. The Morgan fingerprint density at radius 1 is 1.06 bits per heavy atom. The number of aromatic nitrogens is 1. The number of nitrogens with zero attached hydrogens (tertiary/aromatic N) is 2. The summed E-state index contributed by atoms with van der Waals surface area (Å²) in [6.07, 6.45) is 10.9. The highest BCUT2D eigenvalue weighted by atomic mass is 16.5. The second-order valence-corrected chi connectivity index (χ2v) is 11.5. The van der Waals surface area contributed by atoms with Crippen LogP contribution < -0.4 is 10.9 Å². The van der Waals surface area contributed by atoms with E-state index in [1.165, 1.54) is 38.5 Å². The van der Waals surface area contributed by atoms with Gasteiger partial charge in [0.2, 0.25) is 0 Å². The van der Waals surface area contributed by atoms with Crippen LogP contribution in [0.5, 0.6) is 0 Å². The van der Waals surface area contributed by atoms with Crippen molar-refractivity contribution in [1.82, 2.24) is 20.1 Å². The van der Waals surface area contributed by atoms with Crippen LogP contribution in [0.15, 0.2) is 16.9 Å². The number of pyridine rings is 1. The molecule has 1 unspecified atom stereocenters. The molecule has 2 saturated heterocycles. The molecule has 7 heteroatoms. The van der Waals surface area contributed by atoms with Gasteiger partial charge in [-0.05, 0) is 81.3 Å². The lowest BCUT2D eigenvalue weighted by atomic mass is 9.52. The van der Waals surface area contributed by atoms with E-state index in [9.17, 15) is 9.59 Å². The van der Waals surface area contributed by atoms with Gasteiger partial charge in [-0.3, -0.25) is 19.4 Å². The minimum absolute atomic E-state index is 0.0735. The summed E-state index contributed by atoms with van der Waals surface area (Å²) in [5, 5.41) is 2.84. The fraction of sp³-hybridized carbons (Fsp3) is 0.769. The number of amides is 1. The number of nitrogens with one attached hydrogen (secondary N) is 2. The molecule has 1 amide bonds. The predicted octanol–water partition coefficient (Wildman–Crippen LogP) is 2.37. The maximum atomic E-state index is 12.6. The van der Waals surface area contributed by atoms with Gasteiger partial charge in [-0.15, -0.1) is 0 Å². The number of H-pyrrole nitrogens is 1. The van der Waals surface area contributed by atoms with Gasteiger partial charge in [0.1, 0.15) is 5.56 Å². The summed E-state index contributed by atoms with van der Waals surface area (Å²) in [4.78, 5) is 33.2. The molecule has 1 aromatic rings. The molecule has 6 aliphatic rings. The van der Waals surface area contributed by atoms with Crippen molar-refractivity contribution < 1.29 is 9.53 Å². The van der Waals surface area contributed by atoms with E-state index in [-0.39, 0.29) is 23.1 Å². The normalized spacial score (nSPS) is 36.4. The molecular formula is C26H38N4O3. The Labute approximate surface area is 196 Å². The molecule has 4 aliphatic carbocycles. The standard InChI is InChI=1S/C26H38N4O3/c31-24(27-16-22-2-1-9-33-22)23-4-3-21(28-25(23)32)17-29-5-7-30(8-6-29)26-13-18-10-19(14-26)12-20(11-18)15-26/h3-4,18-20,22H,1-2,5-17H2,(H,27,31)(H,28,32). The summed E-state index contributed by atoms with van der Waals surface area (Å²) >= 11 is 0. The first kappa shape index (κ1) is 21.8. The number of carbonyl (C=O) groups is 1. The molecule has 1 aromatic heterocycles. The minimum atomic E-state index is -0.317. The minimum Gasteiger partial charge on any atom is -0.376 e. The van der Waals surface area contributed by atoms with E-state index in [0.717, 1.165) is 75.6 Å². The molecule has 0 aromatic carbocycles. The quantitative estimate of drug-likeness (QED) is 0.690. The van der Waals surface area contributed by atoms with Crippen LogP contribution in [-0.2, 0) is 11.3 Å².